The number of hydrogen-bond donors (Lipinski definition) is 1. The van der Waals surface area contributed by atoms with Gasteiger partial charge in [-0.1, -0.05) is 6.07 Å². The molecule has 0 heterocycles. The van der Waals surface area contributed by atoms with Gasteiger partial charge in [0.05, 0.1) is 24.3 Å². The minimum Gasteiger partial charge on any atom is -0.383 e. The molecular formula is C12H16N2O. The molecule has 0 aliphatic heterocycles. The Hall–Kier alpha value is -1.53. The lowest BCUT2D eigenvalue weighted by molar-refractivity contribution is 0.0870. The maximum absolute atomic E-state index is 8.70. The molecular weight excluding hydrogens is 188 g/mol. The van der Waals surface area contributed by atoms with Gasteiger partial charge in [-0.25, -0.2) is 0 Å². The smallest absolute Gasteiger partial charge is 0.0992 e. The van der Waals surface area contributed by atoms with Crippen molar-refractivity contribution in [2.45, 2.75) is 20.0 Å². The van der Waals surface area contributed by atoms with Crippen molar-refractivity contribution < 1.29 is 4.74 Å². The molecule has 0 saturated heterocycles. The number of anilines is 1. The van der Waals surface area contributed by atoms with Crippen LogP contribution < -0.4 is 5.32 Å². The first-order valence-corrected chi connectivity index (χ1v) is 5.08. The predicted octanol–water partition coefficient (Wildman–Crippen LogP) is 2.40. The molecule has 0 radical (unpaired) electrons. The number of hydrogen-bond acceptors (Lipinski definition) is 3. The maximum Gasteiger partial charge on any atom is 0.0992 e. The molecule has 0 bridgehead atoms. The van der Waals surface area contributed by atoms with Crippen molar-refractivity contribution >= 4 is 5.69 Å². The first-order chi connectivity index (χ1) is 7.22. The van der Waals surface area contributed by atoms with Gasteiger partial charge in [0.25, 0.3) is 0 Å². The van der Waals surface area contributed by atoms with E-state index in [4.69, 9.17) is 10.00 Å². The van der Waals surface area contributed by atoms with Gasteiger partial charge < -0.3 is 10.1 Å². The molecule has 15 heavy (non-hydrogen) atoms. The highest BCUT2D eigenvalue weighted by atomic mass is 16.5. The second-order valence-corrected chi connectivity index (χ2v) is 3.54. The van der Waals surface area contributed by atoms with E-state index in [1.807, 2.05) is 32.0 Å². The third-order valence-electron chi connectivity index (χ3n) is 1.87. The molecule has 0 saturated carbocycles. The highest BCUT2D eigenvalue weighted by Gasteiger charge is 1.95. The SMILES string of the molecule is CC(C)OCCNc1cccc(C#N)c1. The molecule has 1 aromatic carbocycles. The van der Waals surface area contributed by atoms with E-state index in [0.717, 1.165) is 12.2 Å². The summed E-state index contributed by atoms with van der Waals surface area (Å²) in [4.78, 5) is 0. The zero-order chi connectivity index (χ0) is 11.1. The Morgan fingerprint density at radius 3 is 2.93 bits per heavy atom. The Balaban J connectivity index is 2.35. The second-order valence-electron chi connectivity index (χ2n) is 3.54. The quantitative estimate of drug-likeness (QED) is 0.749. The van der Waals surface area contributed by atoms with Crippen molar-refractivity contribution in [1.29, 1.82) is 5.26 Å². The first kappa shape index (κ1) is 11.5. The number of benzene rings is 1. The molecule has 0 aliphatic carbocycles. The van der Waals surface area contributed by atoms with Gasteiger partial charge in [-0.05, 0) is 32.0 Å². The number of nitrogens with one attached hydrogen (secondary N) is 1. The molecule has 1 N–H and O–H groups in total. The van der Waals surface area contributed by atoms with Crippen molar-refractivity contribution in [2.24, 2.45) is 0 Å². The van der Waals surface area contributed by atoms with Crippen LogP contribution in [0.25, 0.3) is 0 Å². The summed E-state index contributed by atoms with van der Waals surface area (Å²) in [6.45, 7) is 5.45. The van der Waals surface area contributed by atoms with E-state index >= 15 is 0 Å². The zero-order valence-electron chi connectivity index (χ0n) is 9.16. The molecule has 0 spiro atoms. The summed E-state index contributed by atoms with van der Waals surface area (Å²) in [5.41, 5.74) is 1.63. The Morgan fingerprint density at radius 2 is 2.27 bits per heavy atom. The van der Waals surface area contributed by atoms with Crippen LogP contribution >= 0.6 is 0 Å². The first-order valence-electron chi connectivity index (χ1n) is 5.08. The van der Waals surface area contributed by atoms with Gasteiger partial charge in [0.15, 0.2) is 0 Å². The highest BCUT2D eigenvalue weighted by Crippen LogP contribution is 2.08. The van der Waals surface area contributed by atoms with Crippen LogP contribution in [0.4, 0.5) is 5.69 Å². The van der Waals surface area contributed by atoms with Gasteiger partial charge in [-0.15, -0.1) is 0 Å². The number of ether oxygens (including phenoxy) is 1. The molecule has 0 amide bonds. The lowest BCUT2D eigenvalue weighted by Crippen LogP contribution is -2.13. The number of rotatable bonds is 5. The molecule has 0 unspecified atom stereocenters. The van der Waals surface area contributed by atoms with E-state index in [9.17, 15) is 0 Å². The summed E-state index contributed by atoms with van der Waals surface area (Å²) in [7, 11) is 0. The lowest BCUT2D eigenvalue weighted by atomic mass is 10.2. The fourth-order valence-corrected chi connectivity index (χ4v) is 1.19. The predicted molar refractivity (Wildman–Crippen MR) is 60.7 cm³/mol. The van der Waals surface area contributed by atoms with Crippen LogP contribution in [0.15, 0.2) is 24.3 Å². The standard InChI is InChI=1S/C12H16N2O/c1-10(2)15-7-6-14-12-5-3-4-11(8-12)9-13/h3-5,8,10,14H,6-7H2,1-2H3. The summed E-state index contributed by atoms with van der Waals surface area (Å²) in [5, 5.41) is 11.9. The van der Waals surface area contributed by atoms with E-state index in [2.05, 4.69) is 11.4 Å². The maximum atomic E-state index is 8.70. The minimum absolute atomic E-state index is 0.261. The molecule has 80 valence electrons. The van der Waals surface area contributed by atoms with E-state index in [-0.39, 0.29) is 6.10 Å². The summed E-state index contributed by atoms with van der Waals surface area (Å²) in [5.74, 6) is 0. The number of nitriles is 1. The van der Waals surface area contributed by atoms with Gasteiger partial charge >= 0.3 is 0 Å². The Bertz CT molecular complexity index is 342. The van der Waals surface area contributed by atoms with Crippen molar-refractivity contribution in [3.8, 4) is 6.07 Å². The normalized spacial score (nSPS) is 10.0. The van der Waals surface area contributed by atoms with Gasteiger partial charge in [0.1, 0.15) is 0 Å². The van der Waals surface area contributed by atoms with E-state index < -0.39 is 0 Å². The Kier molecular flexibility index (Phi) is 4.65. The molecule has 3 heteroatoms. The van der Waals surface area contributed by atoms with Gasteiger partial charge in [-0.3, -0.25) is 0 Å². The lowest BCUT2D eigenvalue weighted by Gasteiger charge is -2.09. The third kappa shape index (κ3) is 4.48. The zero-order valence-corrected chi connectivity index (χ0v) is 9.16. The monoisotopic (exact) mass is 204 g/mol. The van der Waals surface area contributed by atoms with Crippen LogP contribution in [0, 0.1) is 11.3 Å². The largest absolute Gasteiger partial charge is 0.383 e. The van der Waals surface area contributed by atoms with Crippen molar-refractivity contribution in [2.75, 3.05) is 18.5 Å². The topological polar surface area (TPSA) is 45.0 Å². The van der Waals surface area contributed by atoms with Crippen LogP contribution in [-0.4, -0.2) is 19.3 Å². The summed E-state index contributed by atoms with van der Waals surface area (Å²) in [6, 6.07) is 9.53. The van der Waals surface area contributed by atoms with Crippen LogP contribution in [-0.2, 0) is 4.74 Å². The number of nitrogens with zero attached hydrogens (tertiary/aromatic N) is 1. The van der Waals surface area contributed by atoms with Crippen LogP contribution in [0.5, 0.6) is 0 Å². The molecule has 0 atom stereocenters. The van der Waals surface area contributed by atoms with E-state index in [0.29, 0.717) is 12.2 Å². The van der Waals surface area contributed by atoms with Gasteiger partial charge in [0.2, 0.25) is 0 Å². The van der Waals surface area contributed by atoms with Crippen LogP contribution in [0.2, 0.25) is 0 Å². The van der Waals surface area contributed by atoms with E-state index in [1.165, 1.54) is 0 Å². The summed E-state index contributed by atoms with van der Waals surface area (Å²) >= 11 is 0. The molecule has 0 aliphatic rings. The molecule has 1 aromatic rings. The fraction of sp³-hybridized carbons (Fsp3) is 0.417. The summed E-state index contributed by atoms with van der Waals surface area (Å²) < 4.78 is 5.39. The average molecular weight is 204 g/mol. The van der Waals surface area contributed by atoms with Crippen molar-refractivity contribution in [1.82, 2.24) is 0 Å². The van der Waals surface area contributed by atoms with Gasteiger partial charge in [0, 0.05) is 12.2 Å². The Labute approximate surface area is 90.7 Å². The van der Waals surface area contributed by atoms with Crippen LogP contribution in [0.3, 0.4) is 0 Å². The average Bonchev–Trinajstić information content (AvgIpc) is 2.24. The van der Waals surface area contributed by atoms with Crippen molar-refractivity contribution in [3.63, 3.8) is 0 Å². The fourth-order valence-electron chi connectivity index (χ4n) is 1.19. The third-order valence-corrected chi connectivity index (χ3v) is 1.87. The minimum atomic E-state index is 0.261. The highest BCUT2D eigenvalue weighted by molar-refractivity contribution is 5.48. The molecule has 0 fully saturated rings. The molecule has 3 nitrogen and oxygen atoms in total. The van der Waals surface area contributed by atoms with Crippen LogP contribution in [0.1, 0.15) is 19.4 Å². The Morgan fingerprint density at radius 1 is 1.47 bits per heavy atom. The van der Waals surface area contributed by atoms with E-state index in [1.54, 1.807) is 6.07 Å². The van der Waals surface area contributed by atoms with Gasteiger partial charge in [-0.2, -0.15) is 5.26 Å². The summed E-state index contributed by atoms with van der Waals surface area (Å²) in [6.07, 6.45) is 0.261. The van der Waals surface area contributed by atoms with Crippen molar-refractivity contribution in [3.05, 3.63) is 29.8 Å². The second kappa shape index (κ2) is 6.05. The molecule has 0 aromatic heterocycles. The molecule has 1 rings (SSSR count).